The molecule has 2 aliphatic heterocycles. The predicted molar refractivity (Wildman–Crippen MR) is 83.3 cm³/mol. The minimum Gasteiger partial charge on any atom is -0.478 e. The van der Waals surface area contributed by atoms with E-state index >= 15 is 0 Å². The Morgan fingerprint density at radius 1 is 1.36 bits per heavy atom. The molecular weight excluding hydrogens is 302 g/mol. The van der Waals surface area contributed by atoms with Crippen molar-refractivity contribution in [1.29, 1.82) is 0 Å². The fourth-order valence-electron chi connectivity index (χ4n) is 3.22. The lowest BCUT2D eigenvalue weighted by molar-refractivity contribution is -0.176. The van der Waals surface area contributed by atoms with Crippen molar-refractivity contribution >= 4 is 23.2 Å². The molecule has 1 aliphatic carbocycles. The molecular formula is C16H21NO4S. The molecule has 3 heterocycles. The molecule has 1 aromatic heterocycles. The molecule has 3 fully saturated rings. The van der Waals surface area contributed by atoms with Crippen LogP contribution in [-0.2, 0) is 16.0 Å². The number of ether oxygens (including phenoxy) is 1. The molecule has 120 valence electrons. The van der Waals surface area contributed by atoms with E-state index in [9.17, 15) is 9.59 Å². The van der Waals surface area contributed by atoms with E-state index in [-0.39, 0.29) is 23.5 Å². The summed E-state index contributed by atoms with van der Waals surface area (Å²) in [5, 5.41) is 13.4. The Morgan fingerprint density at radius 3 is 2.64 bits per heavy atom. The number of carbonyl (C=O) groups is 2. The van der Waals surface area contributed by atoms with Crippen molar-refractivity contribution in [2.24, 2.45) is 5.41 Å². The molecule has 1 saturated carbocycles. The summed E-state index contributed by atoms with van der Waals surface area (Å²) in [7, 11) is 0. The smallest absolute Gasteiger partial charge is 0.336 e. The van der Waals surface area contributed by atoms with Gasteiger partial charge in [-0.1, -0.05) is 6.92 Å². The van der Waals surface area contributed by atoms with Gasteiger partial charge in [0.25, 0.3) is 0 Å². The van der Waals surface area contributed by atoms with Crippen LogP contribution < -0.4 is 5.32 Å². The molecule has 1 amide bonds. The normalized spacial score (nSPS) is 30.2. The molecule has 0 atom stereocenters. The number of aromatic carboxylic acids is 1. The second-order valence-corrected chi connectivity index (χ2v) is 7.84. The number of carboxylic acids is 1. The quantitative estimate of drug-likeness (QED) is 0.873. The van der Waals surface area contributed by atoms with Gasteiger partial charge < -0.3 is 15.2 Å². The Labute approximate surface area is 133 Å². The third-order valence-corrected chi connectivity index (χ3v) is 5.88. The van der Waals surface area contributed by atoms with E-state index in [1.807, 2.05) is 0 Å². The van der Waals surface area contributed by atoms with Crippen LogP contribution in [0.2, 0.25) is 0 Å². The summed E-state index contributed by atoms with van der Waals surface area (Å²) >= 11 is 1.31. The van der Waals surface area contributed by atoms with Gasteiger partial charge in [-0.2, -0.15) is 0 Å². The number of amides is 1. The van der Waals surface area contributed by atoms with Crippen LogP contribution in [-0.4, -0.2) is 35.7 Å². The first kappa shape index (κ1) is 15.5. The first-order valence-electron chi connectivity index (χ1n) is 7.61. The third kappa shape index (κ3) is 3.17. The van der Waals surface area contributed by atoms with Gasteiger partial charge in [-0.3, -0.25) is 4.79 Å². The van der Waals surface area contributed by atoms with Crippen LogP contribution in [0.1, 0.15) is 47.8 Å². The highest BCUT2D eigenvalue weighted by Gasteiger charge is 2.47. The standard InChI is InChI=1S/C16H21NO4S/c1-15-2-4-16(5-3-15,21-10-15)9-17-13(18)7-12-6-11(8-22-12)14(19)20/h6,8H,2-5,7,9-10H2,1H3,(H,17,18)(H,19,20). The summed E-state index contributed by atoms with van der Waals surface area (Å²) in [4.78, 5) is 23.7. The van der Waals surface area contributed by atoms with Crippen molar-refractivity contribution in [2.45, 2.75) is 44.6 Å². The molecule has 0 aromatic carbocycles. The molecule has 0 spiro atoms. The number of hydrogen-bond acceptors (Lipinski definition) is 4. The van der Waals surface area contributed by atoms with Crippen molar-refractivity contribution in [3.8, 4) is 0 Å². The highest BCUT2D eigenvalue weighted by atomic mass is 32.1. The molecule has 6 heteroatoms. The van der Waals surface area contributed by atoms with Crippen LogP contribution in [0, 0.1) is 5.41 Å². The van der Waals surface area contributed by atoms with E-state index in [0.29, 0.717) is 12.0 Å². The molecule has 2 bridgehead atoms. The Bertz CT molecular complexity index is 570. The molecule has 1 aromatic rings. The van der Waals surface area contributed by atoms with Crippen molar-refractivity contribution < 1.29 is 19.4 Å². The Balaban J connectivity index is 1.51. The van der Waals surface area contributed by atoms with Crippen LogP contribution in [0.5, 0.6) is 0 Å². The van der Waals surface area contributed by atoms with Gasteiger partial charge in [0.15, 0.2) is 0 Å². The van der Waals surface area contributed by atoms with Gasteiger partial charge in [0.05, 0.1) is 24.2 Å². The van der Waals surface area contributed by atoms with Gasteiger partial charge in [0, 0.05) is 16.8 Å². The van der Waals surface area contributed by atoms with Gasteiger partial charge in [0.1, 0.15) is 0 Å². The van der Waals surface area contributed by atoms with Crippen LogP contribution in [0.4, 0.5) is 0 Å². The molecule has 0 unspecified atom stereocenters. The van der Waals surface area contributed by atoms with Crippen LogP contribution in [0.3, 0.4) is 0 Å². The lowest BCUT2D eigenvalue weighted by Gasteiger charge is -2.51. The average Bonchev–Trinajstić information content (AvgIpc) is 2.96. The Kier molecular flexibility index (Phi) is 3.99. The van der Waals surface area contributed by atoms with Crippen molar-refractivity contribution in [3.63, 3.8) is 0 Å². The minimum absolute atomic E-state index is 0.0735. The van der Waals surface area contributed by atoms with Gasteiger partial charge in [-0.15, -0.1) is 11.3 Å². The molecule has 0 radical (unpaired) electrons. The second kappa shape index (κ2) is 5.66. The molecule has 2 saturated heterocycles. The number of carboxylic acid groups (broad SMARTS) is 1. The largest absolute Gasteiger partial charge is 0.478 e. The maximum absolute atomic E-state index is 12.1. The zero-order valence-electron chi connectivity index (χ0n) is 12.7. The average molecular weight is 323 g/mol. The van der Waals surface area contributed by atoms with Crippen LogP contribution in [0.15, 0.2) is 11.4 Å². The summed E-state index contributed by atoms with van der Waals surface area (Å²) in [6, 6.07) is 1.56. The van der Waals surface area contributed by atoms with E-state index in [1.54, 1.807) is 11.4 Å². The highest BCUT2D eigenvalue weighted by molar-refractivity contribution is 7.10. The lowest BCUT2D eigenvalue weighted by atomic mass is 9.67. The zero-order valence-corrected chi connectivity index (χ0v) is 13.5. The van der Waals surface area contributed by atoms with E-state index in [0.717, 1.165) is 37.2 Å². The predicted octanol–water partition coefficient (Wildman–Crippen LogP) is 2.45. The summed E-state index contributed by atoms with van der Waals surface area (Å²) in [5.74, 6) is -1.03. The monoisotopic (exact) mass is 323 g/mol. The van der Waals surface area contributed by atoms with E-state index in [2.05, 4.69) is 12.2 Å². The fourth-order valence-corrected chi connectivity index (χ4v) is 4.08. The Hall–Kier alpha value is -1.40. The summed E-state index contributed by atoms with van der Waals surface area (Å²) < 4.78 is 6.01. The van der Waals surface area contributed by atoms with Crippen molar-refractivity contribution in [1.82, 2.24) is 5.32 Å². The topological polar surface area (TPSA) is 75.6 Å². The van der Waals surface area contributed by atoms with Crippen molar-refractivity contribution in [3.05, 3.63) is 21.9 Å². The highest BCUT2D eigenvalue weighted by Crippen LogP contribution is 2.48. The summed E-state index contributed by atoms with van der Waals surface area (Å²) in [5.41, 5.74) is 0.388. The lowest BCUT2D eigenvalue weighted by Crippen LogP contribution is -2.55. The van der Waals surface area contributed by atoms with Crippen LogP contribution in [0.25, 0.3) is 0 Å². The Morgan fingerprint density at radius 2 is 2.09 bits per heavy atom. The van der Waals surface area contributed by atoms with Gasteiger partial charge in [0.2, 0.25) is 5.91 Å². The summed E-state index contributed by atoms with van der Waals surface area (Å²) in [6.45, 7) is 3.61. The SMILES string of the molecule is CC12CCC(CNC(=O)Cc3cc(C(=O)O)cs3)(CC1)OC2. The van der Waals surface area contributed by atoms with E-state index < -0.39 is 5.97 Å². The maximum Gasteiger partial charge on any atom is 0.336 e. The van der Waals surface area contributed by atoms with Gasteiger partial charge in [-0.25, -0.2) is 4.79 Å². The summed E-state index contributed by atoms with van der Waals surface area (Å²) in [6.07, 6.45) is 4.56. The number of nitrogens with one attached hydrogen (secondary N) is 1. The molecule has 22 heavy (non-hydrogen) atoms. The third-order valence-electron chi connectivity index (χ3n) is 4.94. The van der Waals surface area contributed by atoms with Crippen molar-refractivity contribution in [2.75, 3.05) is 13.2 Å². The first-order valence-corrected chi connectivity index (χ1v) is 8.49. The molecule has 3 aliphatic rings. The van der Waals surface area contributed by atoms with E-state index in [4.69, 9.17) is 9.84 Å². The minimum atomic E-state index is -0.956. The molecule has 5 nitrogen and oxygen atoms in total. The zero-order chi connectivity index (χ0) is 15.8. The van der Waals surface area contributed by atoms with Crippen LogP contribution >= 0.6 is 11.3 Å². The molecule has 4 rings (SSSR count). The maximum atomic E-state index is 12.1. The van der Waals surface area contributed by atoms with Gasteiger partial charge >= 0.3 is 5.97 Å². The van der Waals surface area contributed by atoms with E-state index in [1.165, 1.54) is 11.3 Å². The number of fused-ring (bicyclic) bond motifs is 3. The number of rotatable bonds is 5. The number of carbonyl (C=O) groups excluding carboxylic acids is 1. The fraction of sp³-hybridized carbons (Fsp3) is 0.625. The molecule has 2 N–H and O–H groups in total. The second-order valence-electron chi connectivity index (χ2n) is 6.84. The number of thiophene rings is 1. The van der Waals surface area contributed by atoms with Gasteiger partial charge in [-0.05, 0) is 37.2 Å². The number of hydrogen-bond donors (Lipinski definition) is 2. The first-order chi connectivity index (χ1) is 10.4.